The van der Waals surface area contributed by atoms with E-state index in [4.69, 9.17) is 14.5 Å². The molecule has 2 N–H and O–H groups in total. The van der Waals surface area contributed by atoms with Crippen LogP contribution < -0.4 is 10.1 Å². The molecular formula is C18H30IN3O3. The lowest BCUT2D eigenvalue weighted by molar-refractivity contribution is 0.157. The van der Waals surface area contributed by atoms with Crippen LogP contribution >= 0.6 is 24.0 Å². The normalized spacial score (nSPS) is 17.3. The standard InChI is InChI=1S/C18H29N3O3.HI/c1-4-19-18(21-10-8-15(12-21)13-23-2)20-9-7-14-5-6-16(22)17(11-14)24-3;/h5-6,11,15,22H,4,7-10,12-13H2,1-3H3,(H,19,20);1H. The fourth-order valence-electron chi connectivity index (χ4n) is 2.99. The van der Waals surface area contributed by atoms with E-state index in [0.717, 1.165) is 50.6 Å². The lowest BCUT2D eigenvalue weighted by Crippen LogP contribution is -2.40. The van der Waals surface area contributed by atoms with Gasteiger partial charge in [0.15, 0.2) is 17.5 Å². The van der Waals surface area contributed by atoms with Gasteiger partial charge in [0.05, 0.1) is 13.7 Å². The van der Waals surface area contributed by atoms with Gasteiger partial charge >= 0.3 is 0 Å². The third kappa shape index (κ3) is 6.54. The summed E-state index contributed by atoms with van der Waals surface area (Å²) >= 11 is 0. The highest BCUT2D eigenvalue weighted by molar-refractivity contribution is 14.0. The van der Waals surface area contributed by atoms with E-state index in [-0.39, 0.29) is 29.7 Å². The van der Waals surface area contributed by atoms with Crippen molar-refractivity contribution in [1.29, 1.82) is 0 Å². The molecule has 1 aromatic rings. The van der Waals surface area contributed by atoms with E-state index in [1.165, 1.54) is 0 Å². The number of aromatic hydroxyl groups is 1. The summed E-state index contributed by atoms with van der Waals surface area (Å²) in [4.78, 5) is 7.06. The molecular weight excluding hydrogens is 433 g/mol. The quantitative estimate of drug-likeness (QED) is 0.370. The topological polar surface area (TPSA) is 66.3 Å². The van der Waals surface area contributed by atoms with Gasteiger partial charge in [-0.3, -0.25) is 4.99 Å². The van der Waals surface area contributed by atoms with Gasteiger partial charge in [0, 0.05) is 39.2 Å². The third-order valence-corrected chi connectivity index (χ3v) is 4.23. The molecule has 142 valence electrons. The van der Waals surface area contributed by atoms with Crippen LogP contribution in [0.4, 0.5) is 0 Å². The zero-order chi connectivity index (χ0) is 17.4. The number of benzene rings is 1. The van der Waals surface area contributed by atoms with Crippen molar-refractivity contribution in [2.24, 2.45) is 10.9 Å². The molecule has 1 aliphatic rings. The molecule has 0 amide bonds. The van der Waals surface area contributed by atoms with Crippen LogP contribution in [0.25, 0.3) is 0 Å². The van der Waals surface area contributed by atoms with Crippen molar-refractivity contribution in [3.63, 3.8) is 0 Å². The van der Waals surface area contributed by atoms with Crippen LogP contribution in [-0.4, -0.2) is 63.0 Å². The van der Waals surface area contributed by atoms with E-state index < -0.39 is 0 Å². The summed E-state index contributed by atoms with van der Waals surface area (Å²) in [5.74, 6) is 2.23. The number of likely N-dealkylation sites (tertiary alicyclic amines) is 1. The largest absolute Gasteiger partial charge is 0.504 e. The average Bonchev–Trinajstić information content (AvgIpc) is 3.04. The van der Waals surface area contributed by atoms with Crippen molar-refractivity contribution in [3.05, 3.63) is 23.8 Å². The first-order chi connectivity index (χ1) is 11.7. The summed E-state index contributed by atoms with van der Waals surface area (Å²) in [6.45, 7) is 6.46. The first-order valence-corrected chi connectivity index (χ1v) is 8.56. The first-order valence-electron chi connectivity index (χ1n) is 8.56. The maximum Gasteiger partial charge on any atom is 0.193 e. The highest BCUT2D eigenvalue weighted by Crippen LogP contribution is 2.26. The van der Waals surface area contributed by atoms with Crippen molar-refractivity contribution in [1.82, 2.24) is 10.2 Å². The number of hydrogen-bond donors (Lipinski definition) is 2. The second-order valence-corrected chi connectivity index (χ2v) is 6.05. The number of methoxy groups -OCH3 is 2. The number of ether oxygens (including phenoxy) is 2. The Morgan fingerprint density at radius 1 is 1.40 bits per heavy atom. The lowest BCUT2D eigenvalue weighted by atomic mass is 10.1. The van der Waals surface area contributed by atoms with Crippen LogP contribution in [0, 0.1) is 5.92 Å². The van der Waals surface area contributed by atoms with Gasteiger partial charge in [-0.25, -0.2) is 0 Å². The fourth-order valence-corrected chi connectivity index (χ4v) is 2.99. The minimum atomic E-state index is 0. The van der Waals surface area contributed by atoms with Crippen LogP contribution in [0.15, 0.2) is 23.2 Å². The van der Waals surface area contributed by atoms with E-state index in [9.17, 15) is 5.11 Å². The Balaban J connectivity index is 0.00000312. The number of halogens is 1. The summed E-state index contributed by atoms with van der Waals surface area (Å²) < 4.78 is 10.4. The summed E-state index contributed by atoms with van der Waals surface area (Å²) in [7, 11) is 3.32. The zero-order valence-electron chi connectivity index (χ0n) is 15.3. The molecule has 0 aromatic heterocycles. The molecule has 0 saturated carbocycles. The molecule has 1 aliphatic heterocycles. The highest BCUT2D eigenvalue weighted by Gasteiger charge is 2.24. The summed E-state index contributed by atoms with van der Waals surface area (Å²) in [6, 6.07) is 5.44. The van der Waals surface area contributed by atoms with Gasteiger partial charge in [0.1, 0.15) is 0 Å². The van der Waals surface area contributed by atoms with Crippen molar-refractivity contribution in [2.45, 2.75) is 19.8 Å². The second kappa shape index (κ2) is 11.4. The first kappa shape index (κ1) is 21.8. The van der Waals surface area contributed by atoms with Gasteiger partial charge in [0.2, 0.25) is 0 Å². The van der Waals surface area contributed by atoms with Gasteiger partial charge in [-0.15, -0.1) is 24.0 Å². The summed E-state index contributed by atoms with van der Waals surface area (Å²) in [6.07, 6.45) is 1.95. The van der Waals surface area contributed by atoms with Crippen molar-refractivity contribution in [2.75, 3.05) is 47.0 Å². The Morgan fingerprint density at radius 3 is 2.88 bits per heavy atom. The molecule has 1 saturated heterocycles. The van der Waals surface area contributed by atoms with Crippen LogP contribution in [0.2, 0.25) is 0 Å². The smallest absolute Gasteiger partial charge is 0.193 e. The molecule has 0 aliphatic carbocycles. The average molecular weight is 463 g/mol. The van der Waals surface area contributed by atoms with Crippen molar-refractivity contribution >= 4 is 29.9 Å². The molecule has 7 heteroatoms. The Morgan fingerprint density at radius 2 is 2.20 bits per heavy atom. The van der Waals surface area contributed by atoms with E-state index in [2.05, 4.69) is 17.1 Å². The number of rotatable bonds is 7. The molecule has 2 rings (SSSR count). The Bertz CT molecular complexity index is 554. The van der Waals surface area contributed by atoms with Gasteiger partial charge in [-0.2, -0.15) is 0 Å². The maximum absolute atomic E-state index is 9.65. The highest BCUT2D eigenvalue weighted by atomic mass is 127. The van der Waals surface area contributed by atoms with Crippen LogP contribution in [0.3, 0.4) is 0 Å². The predicted octanol–water partition coefficient (Wildman–Crippen LogP) is 2.50. The summed E-state index contributed by atoms with van der Waals surface area (Å²) in [5.41, 5.74) is 1.10. The Hall–Kier alpha value is -1.22. The van der Waals surface area contributed by atoms with Crippen LogP contribution in [-0.2, 0) is 11.2 Å². The molecule has 6 nitrogen and oxygen atoms in total. The van der Waals surface area contributed by atoms with Crippen LogP contribution in [0.1, 0.15) is 18.9 Å². The van der Waals surface area contributed by atoms with Gasteiger partial charge < -0.3 is 24.8 Å². The van der Waals surface area contributed by atoms with E-state index >= 15 is 0 Å². The zero-order valence-corrected chi connectivity index (χ0v) is 17.7. The monoisotopic (exact) mass is 463 g/mol. The number of nitrogens with one attached hydrogen (secondary N) is 1. The number of phenolic OH excluding ortho intramolecular Hbond substituents is 1. The molecule has 0 spiro atoms. The van der Waals surface area contributed by atoms with E-state index in [1.807, 2.05) is 12.1 Å². The minimum absolute atomic E-state index is 0. The molecule has 25 heavy (non-hydrogen) atoms. The maximum atomic E-state index is 9.65. The molecule has 1 heterocycles. The van der Waals surface area contributed by atoms with Crippen molar-refractivity contribution < 1.29 is 14.6 Å². The van der Waals surface area contributed by atoms with E-state index in [1.54, 1.807) is 20.3 Å². The molecule has 0 bridgehead atoms. The number of guanidine groups is 1. The Labute approximate surface area is 167 Å². The minimum Gasteiger partial charge on any atom is -0.504 e. The lowest BCUT2D eigenvalue weighted by Gasteiger charge is -2.21. The predicted molar refractivity (Wildman–Crippen MR) is 111 cm³/mol. The third-order valence-electron chi connectivity index (χ3n) is 4.23. The number of aliphatic imine (C=N–C) groups is 1. The van der Waals surface area contributed by atoms with Crippen molar-refractivity contribution in [3.8, 4) is 11.5 Å². The second-order valence-electron chi connectivity index (χ2n) is 6.05. The summed E-state index contributed by atoms with van der Waals surface area (Å²) in [5, 5.41) is 13.0. The molecule has 1 aromatic carbocycles. The molecule has 0 radical (unpaired) electrons. The van der Waals surface area contributed by atoms with Crippen LogP contribution in [0.5, 0.6) is 11.5 Å². The number of nitrogens with zero attached hydrogens (tertiary/aromatic N) is 2. The Kier molecular flexibility index (Phi) is 9.96. The number of hydrogen-bond acceptors (Lipinski definition) is 4. The fraction of sp³-hybridized carbons (Fsp3) is 0.611. The molecule has 1 atom stereocenters. The number of phenols is 1. The SMILES string of the molecule is CCNC(=NCCc1ccc(O)c(OC)c1)N1CCC(COC)C1.I. The molecule has 1 unspecified atom stereocenters. The van der Waals surface area contributed by atoms with Gasteiger partial charge in [-0.05, 0) is 37.5 Å². The van der Waals surface area contributed by atoms with Gasteiger partial charge in [0.25, 0.3) is 0 Å². The van der Waals surface area contributed by atoms with Gasteiger partial charge in [-0.1, -0.05) is 6.07 Å². The van der Waals surface area contributed by atoms with E-state index in [0.29, 0.717) is 18.2 Å². The molecule has 1 fully saturated rings.